The zero-order chi connectivity index (χ0) is 4.50. The summed E-state index contributed by atoms with van der Waals surface area (Å²) in [4.78, 5) is 21.6. The zero-order valence-electron chi connectivity index (χ0n) is 5.03. The summed E-state index contributed by atoms with van der Waals surface area (Å²) in [6.45, 7) is 0. The van der Waals surface area contributed by atoms with Gasteiger partial charge in [0, 0.05) is 0 Å². The van der Waals surface area contributed by atoms with Gasteiger partial charge in [-0.25, -0.2) is 4.57 Å². The fourth-order valence-electron chi connectivity index (χ4n) is 0. The maximum absolute atomic E-state index is 8.88. The van der Waals surface area contributed by atoms with E-state index >= 15 is 0 Å². The van der Waals surface area contributed by atoms with Crippen molar-refractivity contribution in [1.29, 1.82) is 0 Å². The molecule has 0 aliphatic carbocycles. The Hall–Kier alpha value is -0.0500. The first-order valence-electron chi connectivity index (χ1n) is 0.783. The lowest BCUT2D eigenvalue weighted by molar-refractivity contribution is 0.275. The van der Waals surface area contributed by atoms with Crippen LogP contribution in [0.5, 0.6) is 0 Å². The predicted molar refractivity (Wildman–Crippen MR) is 34.4 cm³/mol. The number of phosphoric acid groups is 1. The Balaban J connectivity index is -0.0000000133. The Morgan fingerprint density at radius 2 is 0.778 bits per heavy atom. The van der Waals surface area contributed by atoms with E-state index in [9.17, 15) is 0 Å². The van der Waals surface area contributed by atoms with E-state index in [0.717, 1.165) is 0 Å². The lowest BCUT2D eigenvalue weighted by Crippen LogP contribution is -1.66. The van der Waals surface area contributed by atoms with Crippen LogP contribution in [0.3, 0.4) is 0 Å². The van der Waals surface area contributed by atoms with Crippen molar-refractivity contribution in [3.8, 4) is 0 Å². The normalized spacial score (nSPS) is 6.56. The number of hydrogen-bond acceptors (Lipinski definition) is 5. The second kappa shape index (κ2) is 10.8. The van der Waals surface area contributed by atoms with Crippen LogP contribution in [0.2, 0.25) is 0 Å². The molecule has 15 N–H and O–H groups in total. The van der Waals surface area contributed by atoms with E-state index in [0.29, 0.717) is 0 Å². The van der Waals surface area contributed by atoms with Gasteiger partial charge in [0.05, 0.1) is 0 Å². The zero-order valence-corrected chi connectivity index (χ0v) is 5.92. The molecule has 0 saturated carbocycles. The molecule has 0 radical (unpaired) electrons. The predicted octanol–water partition coefficient (Wildman–Crippen LogP) is -0.281. The van der Waals surface area contributed by atoms with Crippen molar-refractivity contribution in [3.05, 3.63) is 0 Å². The molecule has 0 spiro atoms. The maximum atomic E-state index is 8.88. The molecule has 0 bridgehead atoms. The molecule has 0 atom stereocenters. The Bertz CT molecular complexity index is 58.7. The van der Waals surface area contributed by atoms with Crippen molar-refractivity contribution in [2.45, 2.75) is 0 Å². The van der Waals surface area contributed by atoms with Gasteiger partial charge in [0.15, 0.2) is 0 Å². The van der Waals surface area contributed by atoms with Crippen LogP contribution in [0.25, 0.3) is 0 Å². The molecule has 64 valence electrons. The summed E-state index contributed by atoms with van der Waals surface area (Å²) in [5.41, 5.74) is 0. The molecule has 0 aromatic carbocycles. The van der Waals surface area contributed by atoms with Crippen molar-refractivity contribution in [2.24, 2.45) is 0 Å². The fourth-order valence-corrected chi connectivity index (χ4v) is 0. The van der Waals surface area contributed by atoms with Gasteiger partial charge in [0.2, 0.25) is 0 Å². The van der Waals surface area contributed by atoms with Crippen molar-refractivity contribution < 1.29 is 19.2 Å². The van der Waals surface area contributed by atoms with E-state index in [2.05, 4.69) is 0 Å². The highest BCUT2D eigenvalue weighted by molar-refractivity contribution is 7.45. The minimum atomic E-state index is -4.64. The van der Waals surface area contributed by atoms with E-state index in [1.54, 1.807) is 0 Å². The third-order valence-corrected chi connectivity index (χ3v) is 0. The molecule has 0 unspecified atom stereocenters. The van der Waals surface area contributed by atoms with Crippen LogP contribution in [0.15, 0.2) is 0 Å². The van der Waals surface area contributed by atoms with Crippen LogP contribution in [0, 0.1) is 0 Å². The van der Waals surface area contributed by atoms with Crippen molar-refractivity contribution >= 4 is 7.82 Å². The summed E-state index contributed by atoms with van der Waals surface area (Å²) in [5, 5.41) is 0. The Morgan fingerprint density at radius 3 is 0.778 bits per heavy atom. The standard InChI is InChI=1S/4H3N.H3O4P/c;;;;1-5(2,3)4/h4*1H3;(H3,1,2,3,4). The molecule has 0 saturated heterocycles. The van der Waals surface area contributed by atoms with Crippen molar-refractivity contribution in [2.75, 3.05) is 0 Å². The second-order valence-electron chi connectivity index (χ2n) is 0.513. The largest absolute Gasteiger partial charge is 0.466 e. The minimum Gasteiger partial charge on any atom is -0.344 e. The van der Waals surface area contributed by atoms with Crippen LogP contribution >= 0.6 is 7.82 Å². The highest BCUT2D eigenvalue weighted by atomic mass is 31.2. The number of hydrogen-bond donors (Lipinski definition) is 7. The molecular weight excluding hydrogens is 151 g/mol. The maximum Gasteiger partial charge on any atom is 0.466 e. The molecule has 0 heterocycles. The monoisotopic (exact) mass is 166 g/mol. The van der Waals surface area contributed by atoms with E-state index in [1.807, 2.05) is 0 Å². The SMILES string of the molecule is N.N.N.N.O=P(O)(O)O. The number of rotatable bonds is 0. The average Bonchev–Trinajstić information content (AvgIpc) is 0.722. The molecule has 0 aliphatic rings. The summed E-state index contributed by atoms with van der Waals surface area (Å²) < 4.78 is 8.88. The summed E-state index contributed by atoms with van der Waals surface area (Å²) in [6, 6.07) is 0. The summed E-state index contributed by atoms with van der Waals surface area (Å²) >= 11 is 0. The van der Waals surface area contributed by atoms with Crippen LogP contribution in [0.4, 0.5) is 0 Å². The van der Waals surface area contributed by atoms with E-state index < -0.39 is 7.82 Å². The second-order valence-corrected chi connectivity index (χ2v) is 1.54. The van der Waals surface area contributed by atoms with Crippen LogP contribution in [-0.2, 0) is 4.57 Å². The molecular formula is H15N4O4P. The van der Waals surface area contributed by atoms with Gasteiger partial charge in [-0.1, -0.05) is 0 Å². The van der Waals surface area contributed by atoms with Crippen LogP contribution < -0.4 is 24.6 Å². The first kappa shape index (κ1) is 36.3. The lowest BCUT2D eigenvalue weighted by Gasteiger charge is -1.82. The van der Waals surface area contributed by atoms with Crippen LogP contribution in [-0.4, -0.2) is 14.7 Å². The van der Waals surface area contributed by atoms with E-state index in [4.69, 9.17) is 19.2 Å². The van der Waals surface area contributed by atoms with Gasteiger partial charge in [0.25, 0.3) is 0 Å². The summed E-state index contributed by atoms with van der Waals surface area (Å²) in [5.74, 6) is 0. The van der Waals surface area contributed by atoms with Crippen molar-refractivity contribution in [3.63, 3.8) is 0 Å². The van der Waals surface area contributed by atoms with Gasteiger partial charge >= 0.3 is 7.82 Å². The van der Waals surface area contributed by atoms with E-state index in [1.165, 1.54) is 0 Å². The van der Waals surface area contributed by atoms with Crippen molar-refractivity contribution in [1.82, 2.24) is 24.6 Å². The van der Waals surface area contributed by atoms with Crippen LogP contribution in [0.1, 0.15) is 0 Å². The molecule has 0 aliphatic heterocycles. The average molecular weight is 166 g/mol. The quantitative estimate of drug-likeness (QED) is 0.236. The van der Waals surface area contributed by atoms with Gasteiger partial charge in [-0.2, -0.15) is 0 Å². The molecule has 9 heavy (non-hydrogen) atoms. The van der Waals surface area contributed by atoms with Gasteiger partial charge in [-0.3, -0.25) is 0 Å². The van der Waals surface area contributed by atoms with Gasteiger partial charge in [0.1, 0.15) is 0 Å². The van der Waals surface area contributed by atoms with Gasteiger partial charge in [-0.15, -0.1) is 0 Å². The Kier molecular flexibility index (Phi) is 43.7. The topological polar surface area (TPSA) is 218 Å². The highest BCUT2D eigenvalue weighted by Crippen LogP contribution is 2.25. The third-order valence-electron chi connectivity index (χ3n) is 0. The van der Waals surface area contributed by atoms with Gasteiger partial charge in [-0.05, 0) is 0 Å². The molecule has 0 aromatic heterocycles. The molecule has 0 amide bonds. The Labute approximate surface area is 52.8 Å². The molecule has 0 fully saturated rings. The summed E-state index contributed by atoms with van der Waals surface area (Å²) in [6.07, 6.45) is 0. The smallest absolute Gasteiger partial charge is 0.344 e. The first-order chi connectivity index (χ1) is 2.00. The minimum absolute atomic E-state index is 0. The molecule has 0 rings (SSSR count). The molecule has 9 heteroatoms. The van der Waals surface area contributed by atoms with Gasteiger partial charge < -0.3 is 39.3 Å². The third kappa shape index (κ3) is 113000. The first-order valence-corrected chi connectivity index (χ1v) is 2.35. The molecule has 0 aromatic rings. The highest BCUT2D eigenvalue weighted by Gasteiger charge is 2.00. The molecule has 8 nitrogen and oxygen atoms in total. The lowest BCUT2D eigenvalue weighted by atomic mass is 14.0. The fraction of sp³-hybridized carbons (Fsp3) is 0. The summed E-state index contributed by atoms with van der Waals surface area (Å²) in [7, 11) is -4.64. The Morgan fingerprint density at radius 1 is 0.778 bits per heavy atom. The van der Waals surface area contributed by atoms with E-state index in [-0.39, 0.29) is 24.6 Å².